The molecule has 2 atom stereocenters. The van der Waals surface area contributed by atoms with Crippen molar-refractivity contribution in [2.45, 2.75) is 31.9 Å². The summed E-state index contributed by atoms with van der Waals surface area (Å²) in [6.45, 7) is 3.47. The Kier molecular flexibility index (Phi) is 5.97. The number of hydrogen-bond acceptors (Lipinski definition) is 4. The fourth-order valence-corrected chi connectivity index (χ4v) is 4.15. The molecule has 138 valence electrons. The highest BCUT2D eigenvalue weighted by Crippen LogP contribution is 2.34. The fourth-order valence-electron chi connectivity index (χ4n) is 4.15. The van der Waals surface area contributed by atoms with E-state index in [-0.39, 0.29) is 17.9 Å². The number of ether oxygens (including phenoxy) is 2. The number of methoxy groups -OCH3 is 1. The Bertz CT molecular complexity index is 584. The molecular formula is C20H30N2O3. The van der Waals surface area contributed by atoms with Crippen molar-refractivity contribution in [3.63, 3.8) is 0 Å². The number of para-hydroxylation sites is 1. The Balaban J connectivity index is 1.64. The largest absolute Gasteiger partial charge is 0.496 e. The van der Waals surface area contributed by atoms with Crippen molar-refractivity contribution in [3.8, 4) is 5.75 Å². The molecule has 5 nitrogen and oxygen atoms in total. The van der Waals surface area contributed by atoms with Crippen molar-refractivity contribution in [2.75, 3.05) is 40.9 Å². The zero-order valence-corrected chi connectivity index (χ0v) is 15.6. The minimum atomic E-state index is -0.00638. The molecule has 0 unspecified atom stereocenters. The van der Waals surface area contributed by atoms with E-state index < -0.39 is 0 Å². The highest BCUT2D eigenvalue weighted by Gasteiger charge is 2.41. The monoisotopic (exact) mass is 346 g/mol. The van der Waals surface area contributed by atoms with Gasteiger partial charge in [-0.05, 0) is 51.4 Å². The van der Waals surface area contributed by atoms with Crippen LogP contribution in [0.2, 0.25) is 0 Å². The normalized spacial score (nSPS) is 25.1. The molecule has 0 radical (unpaired) electrons. The first kappa shape index (κ1) is 18.2. The van der Waals surface area contributed by atoms with Gasteiger partial charge in [0, 0.05) is 25.8 Å². The standard InChI is InChI=1S/C20H30N2O3/c1-21-11-8-15(9-12-21)19-17(10-13-25-19)20(23)22(2)14-16-6-4-5-7-18(16)24-3/h4-7,15,17,19H,8-14H2,1-3H3/t17-,19+/m0/s1. The molecule has 2 aliphatic heterocycles. The quantitative estimate of drug-likeness (QED) is 0.821. The van der Waals surface area contributed by atoms with Gasteiger partial charge in [-0.25, -0.2) is 0 Å². The fraction of sp³-hybridized carbons (Fsp3) is 0.650. The summed E-state index contributed by atoms with van der Waals surface area (Å²) in [6, 6.07) is 7.89. The van der Waals surface area contributed by atoms with Gasteiger partial charge in [-0.2, -0.15) is 0 Å². The van der Waals surface area contributed by atoms with Crippen LogP contribution in [0.25, 0.3) is 0 Å². The molecule has 2 saturated heterocycles. The molecule has 0 saturated carbocycles. The lowest BCUT2D eigenvalue weighted by atomic mass is 9.83. The average molecular weight is 346 g/mol. The molecule has 25 heavy (non-hydrogen) atoms. The first-order chi connectivity index (χ1) is 12.1. The lowest BCUT2D eigenvalue weighted by Gasteiger charge is -2.35. The number of rotatable bonds is 5. The summed E-state index contributed by atoms with van der Waals surface area (Å²) < 4.78 is 11.4. The van der Waals surface area contributed by atoms with Crippen molar-refractivity contribution in [1.82, 2.24) is 9.80 Å². The van der Waals surface area contributed by atoms with Gasteiger partial charge in [-0.1, -0.05) is 18.2 Å². The molecule has 5 heteroatoms. The van der Waals surface area contributed by atoms with Gasteiger partial charge in [0.1, 0.15) is 5.75 Å². The summed E-state index contributed by atoms with van der Waals surface area (Å²) in [6.07, 6.45) is 3.18. The van der Waals surface area contributed by atoms with Gasteiger partial charge in [0.05, 0.1) is 19.1 Å². The van der Waals surface area contributed by atoms with Gasteiger partial charge in [0.2, 0.25) is 5.91 Å². The lowest BCUT2D eigenvalue weighted by molar-refractivity contribution is -0.138. The predicted molar refractivity (Wildman–Crippen MR) is 97.5 cm³/mol. The van der Waals surface area contributed by atoms with Crippen LogP contribution in [0.15, 0.2) is 24.3 Å². The Morgan fingerprint density at radius 3 is 2.72 bits per heavy atom. The number of hydrogen-bond donors (Lipinski definition) is 0. The minimum Gasteiger partial charge on any atom is -0.496 e. The van der Waals surface area contributed by atoms with E-state index in [1.54, 1.807) is 7.11 Å². The number of amides is 1. The zero-order valence-electron chi connectivity index (χ0n) is 15.6. The number of piperidine rings is 1. The maximum Gasteiger partial charge on any atom is 0.228 e. The van der Waals surface area contributed by atoms with Gasteiger partial charge < -0.3 is 19.3 Å². The second-order valence-corrected chi connectivity index (χ2v) is 7.38. The Labute approximate surface area is 150 Å². The predicted octanol–water partition coefficient (Wildman–Crippen LogP) is 2.40. The highest BCUT2D eigenvalue weighted by molar-refractivity contribution is 5.79. The van der Waals surface area contributed by atoms with Crippen LogP contribution in [0.1, 0.15) is 24.8 Å². The van der Waals surface area contributed by atoms with E-state index in [0.29, 0.717) is 19.1 Å². The highest BCUT2D eigenvalue weighted by atomic mass is 16.5. The van der Waals surface area contributed by atoms with Crippen LogP contribution in [-0.4, -0.2) is 62.7 Å². The number of likely N-dealkylation sites (tertiary alicyclic amines) is 1. The molecule has 0 bridgehead atoms. The van der Waals surface area contributed by atoms with Gasteiger partial charge in [0.25, 0.3) is 0 Å². The molecule has 0 aromatic heterocycles. The molecule has 1 aromatic carbocycles. The topological polar surface area (TPSA) is 42.0 Å². The van der Waals surface area contributed by atoms with Crippen LogP contribution >= 0.6 is 0 Å². The summed E-state index contributed by atoms with van der Waals surface area (Å²) in [5.41, 5.74) is 1.04. The third-order valence-electron chi connectivity index (χ3n) is 5.66. The van der Waals surface area contributed by atoms with Gasteiger partial charge >= 0.3 is 0 Å². The first-order valence-electron chi connectivity index (χ1n) is 9.27. The van der Waals surface area contributed by atoms with E-state index in [2.05, 4.69) is 11.9 Å². The minimum absolute atomic E-state index is 0.00638. The van der Waals surface area contributed by atoms with Crippen LogP contribution in [0.5, 0.6) is 5.75 Å². The SMILES string of the molecule is COc1ccccc1CN(C)C(=O)[C@H]1CCO[C@@H]1C1CCN(C)CC1. The molecule has 2 heterocycles. The molecule has 1 aromatic rings. The summed E-state index contributed by atoms with van der Waals surface area (Å²) in [5.74, 6) is 1.53. The second kappa shape index (κ2) is 8.19. The van der Waals surface area contributed by atoms with Crippen LogP contribution in [0, 0.1) is 11.8 Å². The van der Waals surface area contributed by atoms with E-state index in [0.717, 1.165) is 43.7 Å². The van der Waals surface area contributed by atoms with Crippen molar-refractivity contribution in [2.24, 2.45) is 11.8 Å². The molecular weight excluding hydrogens is 316 g/mol. The van der Waals surface area contributed by atoms with Crippen LogP contribution in [0.4, 0.5) is 0 Å². The van der Waals surface area contributed by atoms with Crippen LogP contribution in [0.3, 0.4) is 0 Å². The maximum atomic E-state index is 13.1. The van der Waals surface area contributed by atoms with Crippen molar-refractivity contribution in [3.05, 3.63) is 29.8 Å². The number of nitrogens with zero attached hydrogens (tertiary/aromatic N) is 2. The molecule has 0 aliphatic carbocycles. The molecule has 1 amide bonds. The Morgan fingerprint density at radius 2 is 2.00 bits per heavy atom. The average Bonchev–Trinajstić information content (AvgIpc) is 3.11. The molecule has 0 spiro atoms. The molecule has 0 N–H and O–H groups in total. The smallest absolute Gasteiger partial charge is 0.228 e. The summed E-state index contributed by atoms with van der Waals surface area (Å²) in [7, 11) is 5.72. The van der Waals surface area contributed by atoms with E-state index in [1.165, 1.54) is 0 Å². The van der Waals surface area contributed by atoms with E-state index in [9.17, 15) is 4.79 Å². The third kappa shape index (κ3) is 4.15. The number of carbonyl (C=O) groups excluding carboxylic acids is 1. The summed E-state index contributed by atoms with van der Waals surface area (Å²) in [4.78, 5) is 17.3. The molecule has 2 aliphatic rings. The van der Waals surface area contributed by atoms with Crippen LogP contribution in [-0.2, 0) is 16.1 Å². The van der Waals surface area contributed by atoms with E-state index >= 15 is 0 Å². The van der Waals surface area contributed by atoms with E-state index in [1.807, 2.05) is 36.2 Å². The summed E-state index contributed by atoms with van der Waals surface area (Å²) >= 11 is 0. The van der Waals surface area contributed by atoms with Gasteiger partial charge in [0.15, 0.2) is 0 Å². The second-order valence-electron chi connectivity index (χ2n) is 7.38. The lowest BCUT2D eigenvalue weighted by Crippen LogP contribution is -2.42. The number of carbonyl (C=O) groups is 1. The zero-order chi connectivity index (χ0) is 17.8. The van der Waals surface area contributed by atoms with Crippen LogP contribution < -0.4 is 4.74 Å². The first-order valence-corrected chi connectivity index (χ1v) is 9.27. The van der Waals surface area contributed by atoms with Crippen molar-refractivity contribution in [1.29, 1.82) is 0 Å². The molecule has 2 fully saturated rings. The van der Waals surface area contributed by atoms with Gasteiger partial charge in [-0.3, -0.25) is 4.79 Å². The van der Waals surface area contributed by atoms with Crippen molar-refractivity contribution >= 4 is 5.91 Å². The third-order valence-corrected chi connectivity index (χ3v) is 5.66. The van der Waals surface area contributed by atoms with E-state index in [4.69, 9.17) is 9.47 Å². The maximum absolute atomic E-state index is 13.1. The van der Waals surface area contributed by atoms with Crippen molar-refractivity contribution < 1.29 is 14.3 Å². The van der Waals surface area contributed by atoms with Gasteiger partial charge in [-0.15, -0.1) is 0 Å². The Hall–Kier alpha value is -1.59. The summed E-state index contributed by atoms with van der Waals surface area (Å²) in [5, 5.41) is 0. The Morgan fingerprint density at radius 1 is 1.28 bits per heavy atom. The number of benzene rings is 1. The molecule has 3 rings (SSSR count).